The number of aromatic nitrogens is 4. The summed E-state index contributed by atoms with van der Waals surface area (Å²) in [5.41, 5.74) is 0.512. The van der Waals surface area contributed by atoms with E-state index < -0.39 is 17.6 Å². The van der Waals surface area contributed by atoms with Crippen LogP contribution in [0.3, 0.4) is 0 Å². The molecule has 13 heteroatoms. The van der Waals surface area contributed by atoms with Gasteiger partial charge in [-0.15, -0.1) is 0 Å². The Bertz CT molecular complexity index is 1610. The quantitative estimate of drug-likeness (QED) is 0.273. The Hall–Kier alpha value is -3.87. The van der Waals surface area contributed by atoms with Gasteiger partial charge in [-0.25, -0.2) is 23.5 Å². The van der Waals surface area contributed by atoms with E-state index in [1.165, 1.54) is 24.3 Å². The van der Waals surface area contributed by atoms with Crippen molar-refractivity contribution in [2.24, 2.45) is 0 Å². The van der Waals surface area contributed by atoms with Gasteiger partial charge >= 0.3 is 5.97 Å². The van der Waals surface area contributed by atoms with E-state index in [2.05, 4.69) is 19.9 Å². The third kappa shape index (κ3) is 6.30. The molecule has 4 heterocycles. The van der Waals surface area contributed by atoms with Crippen LogP contribution in [0.25, 0.3) is 11.0 Å². The van der Waals surface area contributed by atoms with Crippen LogP contribution in [0, 0.1) is 11.6 Å². The van der Waals surface area contributed by atoms with Gasteiger partial charge in [0.15, 0.2) is 11.6 Å². The number of imidazole rings is 1. The lowest BCUT2D eigenvalue weighted by molar-refractivity contribution is -0.0592. The van der Waals surface area contributed by atoms with Crippen LogP contribution in [0.5, 0.6) is 11.6 Å². The number of carbonyl (C=O) groups is 1. The van der Waals surface area contributed by atoms with Gasteiger partial charge in [-0.2, -0.15) is 4.98 Å². The average molecular weight is 600 g/mol. The molecule has 1 atom stereocenters. The molecule has 2 aliphatic heterocycles. The second-order valence-corrected chi connectivity index (χ2v) is 10.7. The minimum Gasteiger partial charge on any atom is -0.484 e. The lowest BCUT2D eigenvalue weighted by atomic mass is 10.1. The van der Waals surface area contributed by atoms with Crippen molar-refractivity contribution >= 4 is 28.6 Å². The zero-order valence-corrected chi connectivity index (χ0v) is 23.3. The minimum absolute atomic E-state index is 0.00679. The summed E-state index contributed by atoms with van der Waals surface area (Å²) >= 11 is 6.02. The number of carboxylic acid groups (broad SMARTS) is 1. The zero-order chi connectivity index (χ0) is 29.2. The van der Waals surface area contributed by atoms with E-state index in [4.69, 9.17) is 25.8 Å². The Morgan fingerprint density at radius 2 is 1.93 bits per heavy atom. The molecular formula is C29H28ClF2N5O5. The molecule has 0 bridgehead atoms. The topological polar surface area (TPSA) is 112 Å². The van der Waals surface area contributed by atoms with Gasteiger partial charge in [-0.3, -0.25) is 4.90 Å². The summed E-state index contributed by atoms with van der Waals surface area (Å²) in [6.07, 6.45) is 3.89. The van der Waals surface area contributed by atoms with Crippen LogP contribution in [-0.2, 0) is 24.4 Å². The van der Waals surface area contributed by atoms with Gasteiger partial charge in [0.1, 0.15) is 35.6 Å². The molecule has 220 valence electrons. The third-order valence-electron chi connectivity index (χ3n) is 7.43. The van der Waals surface area contributed by atoms with Crippen molar-refractivity contribution in [3.8, 4) is 11.6 Å². The number of hydrogen-bond acceptors (Lipinski definition) is 8. The molecule has 10 nitrogen and oxygen atoms in total. The van der Waals surface area contributed by atoms with Gasteiger partial charge in [0.2, 0.25) is 5.88 Å². The minimum atomic E-state index is -1.19. The molecule has 42 heavy (non-hydrogen) atoms. The van der Waals surface area contributed by atoms with Crippen molar-refractivity contribution in [3.05, 3.63) is 76.5 Å². The van der Waals surface area contributed by atoms with Crippen molar-refractivity contribution in [2.45, 2.75) is 51.2 Å². The number of likely N-dealkylation sites (tertiary alicyclic amines) is 1. The maximum atomic E-state index is 14.8. The van der Waals surface area contributed by atoms with Crippen LogP contribution < -0.4 is 9.47 Å². The van der Waals surface area contributed by atoms with E-state index in [0.717, 1.165) is 38.4 Å². The highest BCUT2D eigenvalue weighted by Gasteiger charge is 2.27. The fourth-order valence-electron chi connectivity index (χ4n) is 5.12. The molecule has 2 aliphatic rings. The summed E-state index contributed by atoms with van der Waals surface area (Å²) < 4.78 is 47.4. The van der Waals surface area contributed by atoms with Gasteiger partial charge in [-0.05, 0) is 49.6 Å². The number of piperidine rings is 1. The summed E-state index contributed by atoms with van der Waals surface area (Å²) in [7, 11) is 0. The second kappa shape index (κ2) is 12.2. The SMILES string of the molecule is O=C(O)c1cc(F)c2nc(CN3CCC(Oc4ccnc(COc5ccc(F)cc5Cl)n4)CC3)n(C[C@@H]3CCO3)c2c1. The molecular weight excluding hydrogens is 572 g/mol. The van der Waals surface area contributed by atoms with Gasteiger partial charge in [0.25, 0.3) is 0 Å². The van der Waals surface area contributed by atoms with Crippen molar-refractivity contribution in [1.29, 1.82) is 0 Å². The van der Waals surface area contributed by atoms with Gasteiger partial charge in [0, 0.05) is 32.0 Å². The highest BCUT2D eigenvalue weighted by atomic mass is 35.5. The molecule has 0 amide bonds. The predicted molar refractivity (Wildman–Crippen MR) is 148 cm³/mol. The highest BCUT2D eigenvalue weighted by molar-refractivity contribution is 6.32. The summed E-state index contributed by atoms with van der Waals surface area (Å²) in [5.74, 6) is -0.454. The monoisotopic (exact) mass is 599 g/mol. The van der Waals surface area contributed by atoms with Gasteiger partial charge < -0.3 is 23.9 Å². The van der Waals surface area contributed by atoms with Crippen LogP contribution in [0.15, 0.2) is 42.6 Å². The second-order valence-electron chi connectivity index (χ2n) is 10.3. The highest BCUT2D eigenvalue weighted by Crippen LogP contribution is 2.28. The zero-order valence-electron chi connectivity index (χ0n) is 22.5. The Morgan fingerprint density at radius 3 is 2.64 bits per heavy atom. The van der Waals surface area contributed by atoms with Crippen molar-refractivity contribution in [3.63, 3.8) is 0 Å². The Kier molecular flexibility index (Phi) is 8.18. The first-order chi connectivity index (χ1) is 20.3. The Morgan fingerprint density at radius 1 is 1.12 bits per heavy atom. The lowest BCUT2D eigenvalue weighted by Gasteiger charge is -2.32. The fourth-order valence-corrected chi connectivity index (χ4v) is 5.34. The summed E-state index contributed by atoms with van der Waals surface area (Å²) in [5, 5.41) is 9.60. The molecule has 6 rings (SSSR count). The molecule has 2 saturated heterocycles. The Balaban J connectivity index is 1.08. The van der Waals surface area contributed by atoms with E-state index in [1.807, 2.05) is 4.57 Å². The van der Waals surface area contributed by atoms with Crippen molar-refractivity contribution < 1.29 is 32.9 Å². The van der Waals surface area contributed by atoms with Gasteiger partial charge in [-0.1, -0.05) is 11.6 Å². The van der Waals surface area contributed by atoms with E-state index in [9.17, 15) is 18.7 Å². The number of carboxylic acids is 1. The van der Waals surface area contributed by atoms with Crippen molar-refractivity contribution in [2.75, 3.05) is 19.7 Å². The number of nitrogens with zero attached hydrogens (tertiary/aromatic N) is 5. The molecule has 0 spiro atoms. The molecule has 1 N–H and O–H groups in total. The van der Waals surface area contributed by atoms with E-state index >= 15 is 0 Å². The molecule has 2 aromatic heterocycles. The molecule has 4 aromatic rings. The summed E-state index contributed by atoms with van der Waals surface area (Å²) in [6.45, 7) is 3.14. The number of halogens is 3. The van der Waals surface area contributed by atoms with E-state index in [-0.39, 0.29) is 34.9 Å². The first-order valence-corrected chi connectivity index (χ1v) is 14.0. The van der Waals surface area contributed by atoms with Gasteiger partial charge in [0.05, 0.1) is 35.3 Å². The summed E-state index contributed by atoms with van der Waals surface area (Å²) in [6, 6.07) is 8.06. The van der Waals surface area contributed by atoms with Crippen LogP contribution in [0.1, 0.15) is 41.3 Å². The maximum absolute atomic E-state index is 14.8. The standard InChI is InChI=1S/C29H28ClF2N5O5/c30-21-13-18(31)1-2-24(21)41-16-25-33-7-3-27(34-25)42-19-4-8-36(9-5-19)15-26-35-28-22(32)11-17(29(38)39)12-23(28)37(26)14-20-6-10-40-20/h1-3,7,11-13,19-20H,4-6,8-10,14-16H2,(H,38,39)/t20-/m0/s1. The predicted octanol–water partition coefficient (Wildman–Crippen LogP) is 4.87. The molecule has 0 aliphatic carbocycles. The number of aromatic carboxylic acids is 1. The first kappa shape index (κ1) is 28.3. The molecule has 2 aromatic carbocycles. The molecule has 0 unspecified atom stereocenters. The van der Waals surface area contributed by atoms with E-state index in [0.29, 0.717) is 48.5 Å². The van der Waals surface area contributed by atoms with Crippen LogP contribution >= 0.6 is 11.6 Å². The number of ether oxygens (including phenoxy) is 3. The largest absolute Gasteiger partial charge is 0.484 e. The van der Waals surface area contributed by atoms with Crippen molar-refractivity contribution in [1.82, 2.24) is 24.4 Å². The number of benzene rings is 2. The Labute approximate surface area is 244 Å². The van der Waals surface area contributed by atoms with Crippen LogP contribution in [0.2, 0.25) is 5.02 Å². The third-order valence-corrected chi connectivity index (χ3v) is 7.73. The fraction of sp³-hybridized carbons (Fsp3) is 0.379. The average Bonchev–Trinajstić information content (AvgIpc) is 3.28. The summed E-state index contributed by atoms with van der Waals surface area (Å²) in [4.78, 5) is 27.0. The lowest BCUT2D eigenvalue weighted by Crippen LogP contribution is -2.39. The molecule has 0 radical (unpaired) electrons. The molecule has 2 fully saturated rings. The first-order valence-electron chi connectivity index (χ1n) is 13.6. The number of rotatable bonds is 10. The number of fused-ring (bicyclic) bond motifs is 1. The van der Waals surface area contributed by atoms with Crippen LogP contribution in [-0.4, -0.2) is 67.4 Å². The number of hydrogen-bond donors (Lipinski definition) is 1. The van der Waals surface area contributed by atoms with Crippen LogP contribution in [0.4, 0.5) is 8.78 Å². The van der Waals surface area contributed by atoms with E-state index in [1.54, 1.807) is 12.3 Å². The normalized spacial score (nSPS) is 17.7. The smallest absolute Gasteiger partial charge is 0.335 e. The maximum Gasteiger partial charge on any atom is 0.335 e. The molecule has 0 saturated carbocycles.